The van der Waals surface area contributed by atoms with E-state index in [1.807, 2.05) is 0 Å². The van der Waals surface area contributed by atoms with Crippen molar-refractivity contribution in [1.82, 2.24) is 5.32 Å². The molecule has 1 fully saturated rings. The van der Waals surface area contributed by atoms with Gasteiger partial charge in [0.2, 0.25) is 0 Å². The van der Waals surface area contributed by atoms with E-state index in [1.54, 1.807) is 0 Å². The molecule has 0 spiro atoms. The molecule has 0 bridgehead atoms. The molecule has 1 aromatic carbocycles. The minimum absolute atomic E-state index is 0.124. The van der Waals surface area contributed by atoms with Crippen LogP contribution in [0.1, 0.15) is 38.2 Å². The van der Waals surface area contributed by atoms with E-state index in [1.165, 1.54) is 5.56 Å². The number of aliphatic hydroxyl groups excluding tert-OH is 1. The summed E-state index contributed by atoms with van der Waals surface area (Å²) in [4.78, 5) is 0. The van der Waals surface area contributed by atoms with Crippen molar-refractivity contribution in [3.63, 3.8) is 0 Å². The molecule has 1 aliphatic rings. The summed E-state index contributed by atoms with van der Waals surface area (Å²) in [5.74, 6) is 0. The van der Waals surface area contributed by atoms with Gasteiger partial charge in [0.25, 0.3) is 0 Å². The molecule has 3 nitrogen and oxygen atoms in total. The zero-order valence-corrected chi connectivity index (χ0v) is 12.2. The summed E-state index contributed by atoms with van der Waals surface area (Å²) in [6, 6.07) is 8.72. The van der Waals surface area contributed by atoms with Crippen molar-refractivity contribution in [3.8, 4) is 0 Å². The lowest BCUT2D eigenvalue weighted by molar-refractivity contribution is 0.120. The van der Waals surface area contributed by atoms with Crippen molar-refractivity contribution in [3.05, 3.63) is 29.8 Å². The highest BCUT2D eigenvalue weighted by Crippen LogP contribution is 2.18. The van der Waals surface area contributed by atoms with E-state index >= 15 is 0 Å². The maximum absolute atomic E-state index is 9.47. The average molecular weight is 278 g/mol. The van der Waals surface area contributed by atoms with Gasteiger partial charge in [0.05, 0.1) is 6.10 Å². The van der Waals surface area contributed by atoms with E-state index in [9.17, 15) is 5.11 Å². The van der Waals surface area contributed by atoms with Crippen molar-refractivity contribution in [2.45, 2.75) is 51.2 Å². The molecule has 0 radical (unpaired) electrons. The van der Waals surface area contributed by atoms with Crippen molar-refractivity contribution < 1.29 is 5.11 Å². The molecule has 0 atom stereocenters. The summed E-state index contributed by atoms with van der Waals surface area (Å²) in [7, 11) is 0. The van der Waals surface area contributed by atoms with Gasteiger partial charge in [0.1, 0.15) is 0 Å². The fourth-order valence-electron chi connectivity index (χ4n) is 2.40. The van der Waals surface area contributed by atoms with Crippen LogP contribution in [0.25, 0.3) is 0 Å². The van der Waals surface area contributed by atoms with Crippen LogP contribution in [0.4, 0.5) is 5.69 Å². The van der Waals surface area contributed by atoms with Crippen LogP contribution in [-0.4, -0.2) is 22.4 Å². The molecule has 2 rings (SSSR count). The SMILES string of the molecule is CCc1ccc(NC(=S)NC2CCC(O)CC2)cc1. The molecular weight excluding hydrogens is 256 g/mol. The highest BCUT2D eigenvalue weighted by molar-refractivity contribution is 7.80. The lowest BCUT2D eigenvalue weighted by atomic mass is 9.93. The fourth-order valence-corrected chi connectivity index (χ4v) is 2.68. The summed E-state index contributed by atoms with van der Waals surface area (Å²) in [5.41, 5.74) is 2.34. The first-order valence-corrected chi connectivity index (χ1v) is 7.42. The summed E-state index contributed by atoms with van der Waals surface area (Å²) < 4.78 is 0. The summed E-state index contributed by atoms with van der Waals surface area (Å²) >= 11 is 5.32. The lowest BCUT2D eigenvalue weighted by Gasteiger charge is -2.27. The Bertz CT molecular complexity index is 411. The van der Waals surface area contributed by atoms with Crippen molar-refractivity contribution in [1.29, 1.82) is 0 Å². The normalized spacial score (nSPS) is 22.8. The number of benzene rings is 1. The minimum atomic E-state index is -0.124. The van der Waals surface area contributed by atoms with Gasteiger partial charge in [0.15, 0.2) is 5.11 Å². The zero-order chi connectivity index (χ0) is 13.7. The molecule has 0 saturated heterocycles. The van der Waals surface area contributed by atoms with Crippen molar-refractivity contribution >= 4 is 23.0 Å². The van der Waals surface area contributed by atoms with Gasteiger partial charge >= 0.3 is 0 Å². The quantitative estimate of drug-likeness (QED) is 0.744. The molecule has 1 aliphatic carbocycles. The molecule has 0 aromatic heterocycles. The molecule has 3 N–H and O–H groups in total. The Morgan fingerprint density at radius 1 is 1.21 bits per heavy atom. The Morgan fingerprint density at radius 3 is 2.42 bits per heavy atom. The predicted molar refractivity (Wildman–Crippen MR) is 83.4 cm³/mol. The van der Waals surface area contributed by atoms with Crippen LogP contribution in [0, 0.1) is 0 Å². The highest BCUT2D eigenvalue weighted by Gasteiger charge is 2.19. The van der Waals surface area contributed by atoms with Gasteiger partial charge in [-0.3, -0.25) is 0 Å². The standard InChI is InChI=1S/C15H22N2OS/c1-2-11-3-5-12(6-4-11)16-15(19)17-13-7-9-14(18)10-8-13/h3-6,13-14,18H,2,7-10H2,1H3,(H2,16,17,19). The summed E-state index contributed by atoms with van der Waals surface area (Å²) in [6.45, 7) is 2.14. The Balaban J connectivity index is 1.80. The van der Waals surface area contributed by atoms with Gasteiger partial charge in [-0.05, 0) is 62.0 Å². The number of nitrogens with one attached hydrogen (secondary N) is 2. The topological polar surface area (TPSA) is 44.3 Å². The van der Waals surface area contributed by atoms with Gasteiger partial charge < -0.3 is 15.7 Å². The van der Waals surface area contributed by atoms with E-state index in [-0.39, 0.29) is 6.10 Å². The second-order valence-corrected chi connectivity index (χ2v) is 5.56. The maximum Gasteiger partial charge on any atom is 0.170 e. The monoisotopic (exact) mass is 278 g/mol. The number of rotatable bonds is 3. The van der Waals surface area contributed by atoms with Crippen molar-refractivity contribution in [2.75, 3.05) is 5.32 Å². The summed E-state index contributed by atoms with van der Waals surface area (Å²) in [5, 5.41) is 16.7. The predicted octanol–water partition coefficient (Wildman–Crippen LogP) is 2.84. The Kier molecular flexibility index (Phi) is 5.16. The van der Waals surface area contributed by atoms with E-state index in [0.717, 1.165) is 37.8 Å². The molecule has 19 heavy (non-hydrogen) atoms. The molecule has 4 heteroatoms. The minimum Gasteiger partial charge on any atom is -0.393 e. The first-order valence-electron chi connectivity index (χ1n) is 7.02. The number of hydrogen-bond donors (Lipinski definition) is 3. The second-order valence-electron chi connectivity index (χ2n) is 5.15. The molecular formula is C15H22N2OS. The van der Waals surface area contributed by atoms with Crippen LogP contribution in [0.3, 0.4) is 0 Å². The Labute approximate surface area is 120 Å². The first kappa shape index (κ1) is 14.3. The number of anilines is 1. The van der Waals surface area contributed by atoms with Gasteiger partial charge in [-0.1, -0.05) is 19.1 Å². The highest BCUT2D eigenvalue weighted by atomic mass is 32.1. The van der Waals surface area contributed by atoms with Crippen LogP contribution in [-0.2, 0) is 6.42 Å². The van der Waals surface area contributed by atoms with E-state index in [0.29, 0.717) is 11.2 Å². The van der Waals surface area contributed by atoms with E-state index < -0.39 is 0 Å². The Hall–Kier alpha value is -1.13. The smallest absolute Gasteiger partial charge is 0.170 e. The molecule has 0 aliphatic heterocycles. The maximum atomic E-state index is 9.47. The molecule has 0 unspecified atom stereocenters. The van der Waals surface area contributed by atoms with E-state index in [4.69, 9.17) is 12.2 Å². The lowest BCUT2D eigenvalue weighted by Crippen LogP contribution is -2.40. The molecule has 1 aromatic rings. The van der Waals surface area contributed by atoms with Gasteiger partial charge in [0, 0.05) is 11.7 Å². The van der Waals surface area contributed by atoms with Crippen LogP contribution in [0.2, 0.25) is 0 Å². The largest absolute Gasteiger partial charge is 0.393 e. The fraction of sp³-hybridized carbons (Fsp3) is 0.533. The number of aliphatic hydroxyl groups is 1. The second kappa shape index (κ2) is 6.87. The average Bonchev–Trinajstić information content (AvgIpc) is 2.42. The zero-order valence-electron chi connectivity index (χ0n) is 11.4. The Morgan fingerprint density at radius 2 is 1.84 bits per heavy atom. The molecule has 0 heterocycles. The molecule has 0 amide bonds. The van der Waals surface area contributed by atoms with Gasteiger partial charge in [-0.25, -0.2) is 0 Å². The van der Waals surface area contributed by atoms with Crippen molar-refractivity contribution in [2.24, 2.45) is 0 Å². The van der Waals surface area contributed by atoms with Crippen LogP contribution in [0.15, 0.2) is 24.3 Å². The third-order valence-electron chi connectivity index (χ3n) is 3.65. The number of thiocarbonyl (C=S) groups is 1. The van der Waals surface area contributed by atoms with Crippen LogP contribution < -0.4 is 10.6 Å². The number of aryl methyl sites for hydroxylation is 1. The third kappa shape index (κ3) is 4.48. The third-order valence-corrected chi connectivity index (χ3v) is 3.87. The van der Waals surface area contributed by atoms with Gasteiger partial charge in [-0.2, -0.15) is 0 Å². The summed E-state index contributed by atoms with van der Waals surface area (Å²) in [6.07, 6.45) is 4.63. The van der Waals surface area contributed by atoms with Gasteiger partial charge in [-0.15, -0.1) is 0 Å². The molecule has 104 valence electrons. The van der Waals surface area contributed by atoms with E-state index in [2.05, 4.69) is 41.8 Å². The number of hydrogen-bond acceptors (Lipinski definition) is 2. The van der Waals surface area contributed by atoms with Crippen LogP contribution >= 0.6 is 12.2 Å². The first-order chi connectivity index (χ1) is 9.17. The molecule has 1 saturated carbocycles. The van der Waals surface area contributed by atoms with Crippen LogP contribution in [0.5, 0.6) is 0 Å².